The maximum atomic E-state index is 12.7. The highest BCUT2D eigenvalue weighted by Gasteiger charge is 2.30. The minimum atomic E-state index is -4.37. The quantitative estimate of drug-likeness (QED) is 0.759. The standard InChI is InChI=1S/C20H17F3N2O/c1-25-12-16(9-14-4-6-18(7-5-14)20(21,22)23)19(26)17(13-25)10-15-3-2-8-24-11-15/h2-11H,12-13H2,1H3/b16-9+,17-10+. The molecule has 1 saturated heterocycles. The number of pyridine rings is 1. The minimum Gasteiger partial charge on any atom is -0.298 e. The fraction of sp³-hybridized carbons (Fsp3) is 0.200. The lowest BCUT2D eigenvalue weighted by Gasteiger charge is -2.26. The highest BCUT2D eigenvalue weighted by Crippen LogP contribution is 2.29. The van der Waals surface area contributed by atoms with Gasteiger partial charge in [0.05, 0.1) is 5.56 Å². The number of piperidine rings is 1. The maximum Gasteiger partial charge on any atom is 0.416 e. The zero-order valence-electron chi connectivity index (χ0n) is 14.1. The first-order valence-corrected chi connectivity index (χ1v) is 8.04. The predicted molar refractivity (Wildman–Crippen MR) is 94.1 cm³/mol. The fourth-order valence-electron chi connectivity index (χ4n) is 2.84. The van der Waals surface area contributed by atoms with Crippen molar-refractivity contribution in [2.24, 2.45) is 0 Å². The lowest BCUT2D eigenvalue weighted by atomic mass is 9.94. The van der Waals surface area contributed by atoms with Crippen molar-refractivity contribution in [1.82, 2.24) is 9.88 Å². The molecule has 1 aliphatic rings. The van der Waals surface area contributed by atoms with Crippen molar-refractivity contribution in [3.63, 3.8) is 0 Å². The van der Waals surface area contributed by atoms with Crippen molar-refractivity contribution < 1.29 is 18.0 Å². The molecule has 0 radical (unpaired) electrons. The molecule has 3 nitrogen and oxygen atoms in total. The van der Waals surface area contributed by atoms with Crippen LogP contribution in [0.4, 0.5) is 13.2 Å². The second-order valence-electron chi connectivity index (χ2n) is 6.25. The topological polar surface area (TPSA) is 33.2 Å². The van der Waals surface area contributed by atoms with E-state index in [0.717, 1.165) is 17.7 Å². The van der Waals surface area contributed by atoms with E-state index in [1.807, 2.05) is 18.0 Å². The number of carbonyl (C=O) groups excluding carboxylic acids is 1. The number of hydrogen-bond acceptors (Lipinski definition) is 3. The average molecular weight is 358 g/mol. The summed E-state index contributed by atoms with van der Waals surface area (Å²) in [7, 11) is 1.89. The Morgan fingerprint density at radius 3 is 2.15 bits per heavy atom. The van der Waals surface area contributed by atoms with Crippen molar-refractivity contribution in [1.29, 1.82) is 0 Å². The van der Waals surface area contributed by atoms with Crippen LogP contribution < -0.4 is 0 Å². The molecule has 0 unspecified atom stereocenters. The van der Waals surface area contributed by atoms with Gasteiger partial charge in [-0.25, -0.2) is 0 Å². The van der Waals surface area contributed by atoms with Gasteiger partial charge in [-0.15, -0.1) is 0 Å². The fourth-order valence-corrected chi connectivity index (χ4v) is 2.84. The Labute approximate surface area is 149 Å². The van der Waals surface area contributed by atoms with Crippen molar-refractivity contribution in [2.75, 3.05) is 20.1 Å². The van der Waals surface area contributed by atoms with E-state index >= 15 is 0 Å². The molecule has 3 rings (SSSR count). The number of aromatic nitrogens is 1. The molecule has 1 fully saturated rings. The van der Waals surface area contributed by atoms with Gasteiger partial charge in [0.2, 0.25) is 0 Å². The molecule has 0 N–H and O–H groups in total. The Hall–Kier alpha value is -2.73. The molecule has 1 aromatic carbocycles. The van der Waals surface area contributed by atoms with Gasteiger partial charge in [0.25, 0.3) is 0 Å². The molecular weight excluding hydrogens is 341 g/mol. The van der Waals surface area contributed by atoms with Crippen LogP contribution in [-0.4, -0.2) is 35.8 Å². The number of hydrogen-bond donors (Lipinski definition) is 0. The first kappa shape index (κ1) is 18.1. The van der Waals surface area contributed by atoms with Crippen LogP contribution in [0.1, 0.15) is 16.7 Å². The van der Waals surface area contributed by atoms with Crippen LogP contribution in [0, 0.1) is 0 Å². The van der Waals surface area contributed by atoms with Crippen LogP contribution in [-0.2, 0) is 11.0 Å². The molecule has 0 saturated carbocycles. The van der Waals surface area contributed by atoms with Crippen molar-refractivity contribution in [3.8, 4) is 0 Å². The first-order valence-electron chi connectivity index (χ1n) is 8.04. The Balaban J connectivity index is 1.88. The Morgan fingerprint density at radius 2 is 1.62 bits per heavy atom. The summed E-state index contributed by atoms with van der Waals surface area (Å²) in [6.07, 6.45) is 2.41. The van der Waals surface area contributed by atoms with Crippen LogP contribution >= 0.6 is 0 Å². The molecule has 6 heteroatoms. The van der Waals surface area contributed by atoms with Gasteiger partial charge in [-0.2, -0.15) is 13.2 Å². The largest absolute Gasteiger partial charge is 0.416 e. The molecule has 26 heavy (non-hydrogen) atoms. The first-order chi connectivity index (χ1) is 12.3. The number of Topliss-reactive ketones (excluding diaryl/α,β-unsaturated/α-hetero) is 1. The number of ketones is 1. The summed E-state index contributed by atoms with van der Waals surface area (Å²) in [5.41, 5.74) is 1.87. The summed E-state index contributed by atoms with van der Waals surface area (Å²) in [6.45, 7) is 0.961. The highest BCUT2D eigenvalue weighted by molar-refractivity contribution is 6.14. The third-order valence-electron chi connectivity index (χ3n) is 4.07. The van der Waals surface area contributed by atoms with E-state index in [2.05, 4.69) is 4.98 Å². The molecule has 1 aromatic heterocycles. The molecule has 1 aliphatic heterocycles. The number of halogens is 3. The highest BCUT2D eigenvalue weighted by atomic mass is 19.4. The molecule has 2 heterocycles. The molecule has 2 aromatic rings. The number of alkyl halides is 3. The van der Waals surface area contributed by atoms with E-state index in [9.17, 15) is 18.0 Å². The lowest BCUT2D eigenvalue weighted by molar-refractivity contribution is -0.137. The van der Waals surface area contributed by atoms with Gasteiger partial charge < -0.3 is 0 Å². The summed E-state index contributed by atoms with van der Waals surface area (Å²) in [5, 5.41) is 0. The summed E-state index contributed by atoms with van der Waals surface area (Å²) in [6, 6.07) is 8.46. The number of benzene rings is 1. The smallest absolute Gasteiger partial charge is 0.298 e. The average Bonchev–Trinajstić information content (AvgIpc) is 2.59. The van der Waals surface area contributed by atoms with Gasteiger partial charge in [-0.1, -0.05) is 18.2 Å². The number of carbonyl (C=O) groups is 1. The van der Waals surface area contributed by atoms with E-state index in [0.29, 0.717) is 29.8 Å². The van der Waals surface area contributed by atoms with Gasteiger partial charge in [0.1, 0.15) is 0 Å². The Kier molecular flexibility index (Phi) is 5.04. The van der Waals surface area contributed by atoms with Crippen LogP contribution in [0.15, 0.2) is 59.9 Å². The maximum absolute atomic E-state index is 12.7. The van der Waals surface area contributed by atoms with E-state index in [1.165, 1.54) is 12.1 Å². The predicted octanol–water partition coefficient (Wildman–Crippen LogP) is 4.08. The van der Waals surface area contributed by atoms with Crippen LogP contribution in [0.25, 0.3) is 12.2 Å². The van der Waals surface area contributed by atoms with E-state index in [1.54, 1.807) is 30.6 Å². The van der Waals surface area contributed by atoms with Crippen LogP contribution in [0.3, 0.4) is 0 Å². The van der Waals surface area contributed by atoms with Crippen molar-refractivity contribution in [3.05, 3.63) is 76.6 Å². The zero-order valence-corrected chi connectivity index (χ0v) is 14.1. The van der Waals surface area contributed by atoms with Gasteiger partial charge in [0.15, 0.2) is 5.78 Å². The number of likely N-dealkylation sites (tertiary alicyclic amines) is 1. The third kappa shape index (κ3) is 4.26. The van der Waals surface area contributed by atoms with Crippen LogP contribution in [0.5, 0.6) is 0 Å². The van der Waals surface area contributed by atoms with E-state index in [-0.39, 0.29) is 5.78 Å². The molecule has 0 aliphatic carbocycles. The van der Waals surface area contributed by atoms with Crippen LogP contribution in [0.2, 0.25) is 0 Å². The van der Waals surface area contributed by atoms with Crippen molar-refractivity contribution in [2.45, 2.75) is 6.18 Å². The zero-order chi connectivity index (χ0) is 18.7. The summed E-state index contributed by atoms with van der Waals surface area (Å²) in [5.74, 6) is -0.0909. The second kappa shape index (κ2) is 7.25. The molecule has 0 amide bonds. The lowest BCUT2D eigenvalue weighted by Crippen LogP contribution is -2.34. The molecule has 0 bridgehead atoms. The minimum absolute atomic E-state index is 0.0909. The Morgan fingerprint density at radius 1 is 1.00 bits per heavy atom. The molecule has 0 atom stereocenters. The molecule has 134 valence electrons. The third-order valence-corrected chi connectivity index (χ3v) is 4.07. The summed E-state index contributed by atoms with van der Waals surface area (Å²) in [4.78, 5) is 18.8. The van der Waals surface area contributed by atoms with Crippen molar-refractivity contribution >= 4 is 17.9 Å². The number of likely N-dealkylation sites (N-methyl/N-ethyl adjacent to an activating group) is 1. The Bertz CT molecular complexity index is 853. The van der Waals surface area contributed by atoms with Gasteiger partial charge >= 0.3 is 6.18 Å². The van der Waals surface area contributed by atoms with E-state index < -0.39 is 11.7 Å². The summed E-state index contributed by atoms with van der Waals surface area (Å²) < 4.78 is 38.0. The van der Waals surface area contributed by atoms with E-state index in [4.69, 9.17) is 0 Å². The number of nitrogens with zero attached hydrogens (tertiary/aromatic N) is 2. The normalized spacial score (nSPS) is 19.3. The van der Waals surface area contributed by atoms with Gasteiger partial charge in [0, 0.05) is 36.6 Å². The second-order valence-corrected chi connectivity index (χ2v) is 6.25. The SMILES string of the molecule is CN1C/C(=C\c2ccc(C(F)(F)F)cc2)C(=O)/C(=C/c2cccnc2)C1. The monoisotopic (exact) mass is 358 g/mol. The summed E-state index contributed by atoms with van der Waals surface area (Å²) >= 11 is 0. The van der Waals surface area contributed by atoms with Gasteiger partial charge in [-0.05, 0) is 48.5 Å². The number of rotatable bonds is 2. The molecular formula is C20H17F3N2O. The van der Waals surface area contributed by atoms with Gasteiger partial charge in [-0.3, -0.25) is 14.7 Å². The molecule has 0 spiro atoms.